The van der Waals surface area contributed by atoms with Gasteiger partial charge in [0.15, 0.2) is 0 Å². The highest BCUT2D eigenvalue weighted by molar-refractivity contribution is 5.78. The molecular formula is C17H14FNO. The molecule has 2 rings (SSSR count). The molecule has 0 aliphatic heterocycles. The second-order valence-corrected chi connectivity index (χ2v) is 4.25. The molecule has 100 valence electrons. The lowest BCUT2D eigenvalue weighted by molar-refractivity contribution is -0.120. The summed E-state index contributed by atoms with van der Waals surface area (Å²) in [5, 5.41) is 2.73. The Morgan fingerprint density at radius 2 is 1.75 bits per heavy atom. The molecule has 0 fully saturated rings. The monoisotopic (exact) mass is 267 g/mol. The van der Waals surface area contributed by atoms with Gasteiger partial charge in [0.2, 0.25) is 5.91 Å². The van der Waals surface area contributed by atoms with Crippen LogP contribution in [0.1, 0.15) is 11.1 Å². The van der Waals surface area contributed by atoms with Gasteiger partial charge in [-0.15, -0.1) is 0 Å². The summed E-state index contributed by atoms with van der Waals surface area (Å²) < 4.78 is 12.7. The summed E-state index contributed by atoms with van der Waals surface area (Å²) in [6.45, 7) is 0.281. The molecule has 0 aromatic heterocycles. The van der Waals surface area contributed by atoms with Crippen molar-refractivity contribution in [3.63, 3.8) is 0 Å². The lowest BCUT2D eigenvalue weighted by atomic mass is 10.1. The molecule has 0 aliphatic carbocycles. The Kier molecular flexibility index (Phi) is 4.91. The van der Waals surface area contributed by atoms with Crippen LogP contribution in [0.5, 0.6) is 0 Å². The van der Waals surface area contributed by atoms with E-state index in [4.69, 9.17) is 0 Å². The molecule has 0 aliphatic rings. The average Bonchev–Trinajstić information content (AvgIpc) is 2.46. The number of hydrogen-bond donors (Lipinski definition) is 1. The first kappa shape index (κ1) is 13.8. The van der Waals surface area contributed by atoms with E-state index in [1.54, 1.807) is 12.1 Å². The Bertz CT molecular complexity index is 624. The zero-order valence-corrected chi connectivity index (χ0v) is 10.9. The number of halogens is 1. The van der Waals surface area contributed by atoms with E-state index in [1.165, 1.54) is 12.1 Å². The van der Waals surface area contributed by atoms with Gasteiger partial charge in [-0.05, 0) is 29.8 Å². The van der Waals surface area contributed by atoms with Gasteiger partial charge < -0.3 is 5.32 Å². The van der Waals surface area contributed by atoms with Crippen LogP contribution in [0.3, 0.4) is 0 Å². The van der Waals surface area contributed by atoms with E-state index in [2.05, 4.69) is 17.2 Å². The van der Waals surface area contributed by atoms with Gasteiger partial charge in [0, 0.05) is 5.56 Å². The van der Waals surface area contributed by atoms with Crippen molar-refractivity contribution in [2.45, 2.75) is 6.42 Å². The number of hydrogen-bond acceptors (Lipinski definition) is 1. The fourth-order valence-electron chi connectivity index (χ4n) is 1.67. The first-order chi connectivity index (χ1) is 9.74. The maximum atomic E-state index is 12.7. The van der Waals surface area contributed by atoms with E-state index < -0.39 is 0 Å². The average molecular weight is 267 g/mol. The molecule has 0 saturated carbocycles. The standard InChI is InChI=1S/C17H14FNO/c18-16-10-8-14(9-11-16)7-4-12-19-17(20)13-15-5-2-1-3-6-15/h1-3,5-6,8-11H,12-13H2,(H,19,20). The highest BCUT2D eigenvalue weighted by Crippen LogP contribution is 2.00. The summed E-state index contributed by atoms with van der Waals surface area (Å²) in [7, 11) is 0. The minimum Gasteiger partial charge on any atom is -0.345 e. The van der Waals surface area contributed by atoms with Crippen molar-refractivity contribution in [1.29, 1.82) is 0 Å². The largest absolute Gasteiger partial charge is 0.345 e. The summed E-state index contributed by atoms with van der Waals surface area (Å²) in [5.41, 5.74) is 1.69. The van der Waals surface area contributed by atoms with Crippen LogP contribution in [0.15, 0.2) is 54.6 Å². The molecule has 0 bridgehead atoms. The number of nitrogens with one attached hydrogen (secondary N) is 1. The number of carbonyl (C=O) groups is 1. The van der Waals surface area contributed by atoms with Crippen LogP contribution in [-0.2, 0) is 11.2 Å². The van der Waals surface area contributed by atoms with Crippen molar-refractivity contribution in [3.8, 4) is 11.8 Å². The lowest BCUT2D eigenvalue weighted by Crippen LogP contribution is -2.25. The van der Waals surface area contributed by atoms with Gasteiger partial charge in [0.1, 0.15) is 5.82 Å². The van der Waals surface area contributed by atoms with E-state index in [9.17, 15) is 9.18 Å². The SMILES string of the molecule is O=C(Cc1ccccc1)NCC#Cc1ccc(F)cc1. The maximum Gasteiger partial charge on any atom is 0.225 e. The van der Waals surface area contributed by atoms with E-state index in [0.29, 0.717) is 6.42 Å². The zero-order chi connectivity index (χ0) is 14.2. The normalized spacial score (nSPS) is 9.45. The molecule has 0 saturated heterocycles. The van der Waals surface area contributed by atoms with Crippen LogP contribution in [0.25, 0.3) is 0 Å². The van der Waals surface area contributed by atoms with Crippen LogP contribution in [-0.4, -0.2) is 12.5 Å². The van der Waals surface area contributed by atoms with Crippen LogP contribution >= 0.6 is 0 Å². The predicted molar refractivity (Wildman–Crippen MR) is 76.4 cm³/mol. The topological polar surface area (TPSA) is 29.1 Å². The molecule has 2 nitrogen and oxygen atoms in total. The summed E-state index contributed by atoms with van der Waals surface area (Å²) >= 11 is 0. The van der Waals surface area contributed by atoms with Crippen LogP contribution < -0.4 is 5.32 Å². The van der Waals surface area contributed by atoms with Crippen molar-refractivity contribution in [1.82, 2.24) is 5.32 Å². The highest BCUT2D eigenvalue weighted by Gasteiger charge is 2.00. The van der Waals surface area contributed by atoms with Gasteiger partial charge in [-0.1, -0.05) is 42.2 Å². The Labute approximate surface area is 117 Å². The van der Waals surface area contributed by atoms with Gasteiger partial charge >= 0.3 is 0 Å². The molecule has 1 N–H and O–H groups in total. The fraction of sp³-hybridized carbons (Fsp3) is 0.118. The van der Waals surface area contributed by atoms with Gasteiger partial charge in [0.25, 0.3) is 0 Å². The first-order valence-corrected chi connectivity index (χ1v) is 6.29. The molecule has 20 heavy (non-hydrogen) atoms. The van der Waals surface area contributed by atoms with E-state index in [1.807, 2.05) is 30.3 Å². The molecule has 0 atom stereocenters. The Hall–Kier alpha value is -2.60. The number of rotatable bonds is 3. The summed E-state index contributed by atoms with van der Waals surface area (Å²) in [6, 6.07) is 15.5. The number of amides is 1. The van der Waals surface area contributed by atoms with Crippen LogP contribution in [0.2, 0.25) is 0 Å². The van der Waals surface area contributed by atoms with E-state index in [-0.39, 0.29) is 18.3 Å². The second kappa shape index (κ2) is 7.10. The Morgan fingerprint density at radius 1 is 1.05 bits per heavy atom. The Balaban J connectivity index is 1.79. The lowest BCUT2D eigenvalue weighted by Gasteiger charge is -2.01. The minimum absolute atomic E-state index is 0.0652. The van der Waals surface area contributed by atoms with Crippen molar-refractivity contribution < 1.29 is 9.18 Å². The van der Waals surface area contributed by atoms with Crippen molar-refractivity contribution in [2.75, 3.05) is 6.54 Å². The smallest absolute Gasteiger partial charge is 0.225 e. The fourth-order valence-corrected chi connectivity index (χ4v) is 1.67. The minimum atomic E-state index is -0.285. The Morgan fingerprint density at radius 3 is 2.45 bits per heavy atom. The highest BCUT2D eigenvalue weighted by atomic mass is 19.1. The third kappa shape index (κ3) is 4.58. The third-order valence-corrected chi connectivity index (χ3v) is 2.66. The van der Waals surface area contributed by atoms with Gasteiger partial charge in [-0.25, -0.2) is 4.39 Å². The molecule has 3 heteroatoms. The van der Waals surface area contributed by atoms with Gasteiger partial charge in [-0.2, -0.15) is 0 Å². The molecule has 2 aromatic rings. The summed E-state index contributed by atoms with van der Waals surface area (Å²) in [5.74, 6) is 5.34. The van der Waals surface area contributed by atoms with Crippen LogP contribution in [0, 0.1) is 17.7 Å². The quantitative estimate of drug-likeness (QED) is 0.851. The maximum absolute atomic E-state index is 12.7. The van der Waals surface area contributed by atoms with Gasteiger partial charge in [-0.3, -0.25) is 4.79 Å². The van der Waals surface area contributed by atoms with E-state index >= 15 is 0 Å². The molecular weight excluding hydrogens is 253 g/mol. The zero-order valence-electron chi connectivity index (χ0n) is 10.9. The molecule has 0 unspecified atom stereocenters. The van der Waals surface area contributed by atoms with Crippen molar-refractivity contribution in [3.05, 3.63) is 71.5 Å². The molecule has 2 aromatic carbocycles. The van der Waals surface area contributed by atoms with E-state index in [0.717, 1.165) is 11.1 Å². The first-order valence-electron chi connectivity index (χ1n) is 6.29. The van der Waals surface area contributed by atoms with Crippen molar-refractivity contribution in [2.24, 2.45) is 0 Å². The summed E-state index contributed by atoms with van der Waals surface area (Å²) in [6.07, 6.45) is 0.346. The second-order valence-electron chi connectivity index (χ2n) is 4.25. The molecule has 0 heterocycles. The molecule has 1 amide bonds. The third-order valence-electron chi connectivity index (χ3n) is 2.66. The van der Waals surface area contributed by atoms with Crippen LogP contribution in [0.4, 0.5) is 4.39 Å². The molecule has 0 spiro atoms. The number of benzene rings is 2. The molecule has 0 radical (unpaired) electrons. The number of carbonyl (C=O) groups excluding carboxylic acids is 1. The summed E-state index contributed by atoms with van der Waals surface area (Å²) in [4.78, 5) is 11.6. The van der Waals surface area contributed by atoms with Gasteiger partial charge in [0.05, 0.1) is 13.0 Å². The van der Waals surface area contributed by atoms with Crippen molar-refractivity contribution >= 4 is 5.91 Å². The predicted octanol–water partition coefficient (Wildman–Crippen LogP) is 2.54.